The van der Waals surface area contributed by atoms with Crippen LogP contribution in [-0.2, 0) is 11.2 Å². The van der Waals surface area contributed by atoms with E-state index < -0.39 is 6.10 Å². The molecule has 0 heterocycles. The zero-order valence-electron chi connectivity index (χ0n) is 12.5. The molecular weight excluding hydrogens is 276 g/mol. The number of carbonyl (C=O) groups is 1. The maximum Gasteiger partial charge on any atom is 0.262 e. The fourth-order valence-electron chi connectivity index (χ4n) is 1.86. The standard InChI is InChI=1S/C15H23ClN2O2/c1-5-11(17)9-12-13(16)7-6-8-14(12)20-10(2)15(19)18(3)4/h6-8,10-11H,5,9,17H2,1-4H3. The zero-order chi connectivity index (χ0) is 15.3. The molecule has 2 N–H and O–H groups in total. The lowest BCUT2D eigenvalue weighted by atomic mass is 10.0. The van der Waals surface area contributed by atoms with E-state index in [4.69, 9.17) is 22.1 Å². The molecule has 4 nitrogen and oxygen atoms in total. The predicted octanol–water partition coefficient (Wildman–Crippen LogP) is 2.48. The number of nitrogens with two attached hydrogens (primary N) is 1. The molecule has 2 unspecified atom stereocenters. The highest BCUT2D eigenvalue weighted by molar-refractivity contribution is 6.31. The Balaban J connectivity index is 2.94. The van der Waals surface area contributed by atoms with Crippen LogP contribution in [0.3, 0.4) is 0 Å². The molecule has 20 heavy (non-hydrogen) atoms. The van der Waals surface area contributed by atoms with E-state index in [0.717, 1.165) is 12.0 Å². The van der Waals surface area contributed by atoms with Gasteiger partial charge in [0.2, 0.25) is 0 Å². The molecule has 5 heteroatoms. The van der Waals surface area contributed by atoms with Crippen LogP contribution in [0.2, 0.25) is 5.02 Å². The van der Waals surface area contributed by atoms with Gasteiger partial charge in [0.15, 0.2) is 6.10 Å². The van der Waals surface area contributed by atoms with Gasteiger partial charge in [0.05, 0.1) is 0 Å². The lowest BCUT2D eigenvalue weighted by Crippen LogP contribution is -2.35. The van der Waals surface area contributed by atoms with Crippen LogP contribution in [0.25, 0.3) is 0 Å². The lowest BCUT2D eigenvalue weighted by Gasteiger charge is -2.21. The normalized spacial score (nSPS) is 13.7. The molecule has 1 aromatic carbocycles. The Morgan fingerprint density at radius 3 is 2.65 bits per heavy atom. The molecule has 0 bridgehead atoms. The van der Waals surface area contributed by atoms with Crippen LogP contribution >= 0.6 is 11.6 Å². The van der Waals surface area contributed by atoms with Crippen molar-refractivity contribution in [1.82, 2.24) is 4.90 Å². The van der Waals surface area contributed by atoms with Gasteiger partial charge in [-0.3, -0.25) is 4.79 Å². The summed E-state index contributed by atoms with van der Waals surface area (Å²) in [5, 5.41) is 0.621. The number of likely N-dealkylation sites (N-methyl/N-ethyl adjacent to an activating group) is 1. The summed E-state index contributed by atoms with van der Waals surface area (Å²) in [6.45, 7) is 3.76. The summed E-state index contributed by atoms with van der Waals surface area (Å²) in [6, 6.07) is 5.47. The Bertz CT molecular complexity index is 463. The van der Waals surface area contributed by atoms with E-state index in [1.807, 2.05) is 25.1 Å². The topological polar surface area (TPSA) is 55.6 Å². The van der Waals surface area contributed by atoms with Crippen molar-refractivity contribution >= 4 is 17.5 Å². The number of rotatable bonds is 6. The van der Waals surface area contributed by atoms with E-state index in [1.54, 1.807) is 21.0 Å². The van der Waals surface area contributed by atoms with Gasteiger partial charge in [0.1, 0.15) is 5.75 Å². The summed E-state index contributed by atoms with van der Waals surface area (Å²) >= 11 is 6.23. The van der Waals surface area contributed by atoms with Gasteiger partial charge in [-0.1, -0.05) is 24.6 Å². The quantitative estimate of drug-likeness (QED) is 0.878. The first kappa shape index (κ1) is 16.8. The largest absolute Gasteiger partial charge is 0.481 e. The predicted molar refractivity (Wildman–Crippen MR) is 82.2 cm³/mol. The van der Waals surface area contributed by atoms with Crippen molar-refractivity contribution in [3.05, 3.63) is 28.8 Å². The molecule has 0 aromatic heterocycles. The second-order valence-electron chi connectivity index (χ2n) is 5.08. The average Bonchev–Trinajstić information content (AvgIpc) is 2.41. The van der Waals surface area contributed by atoms with E-state index >= 15 is 0 Å². The van der Waals surface area contributed by atoms with E-state index in [9.17, 15) is 4.79 Å². The number of ether oxygens (including phenoxy) is 1. The molecule has 2 atom stereocenters. The summed E-state index contributed by atoms with van der Waals surface area (Å²) in [5.41, 5.74) is 6.86. The number of hydrogen-bond donors (Lipinski definition) is 1. The highest BCUT2D eigenvalue weighted by atomic mass is 35.5. The highest BCUT2D eigenvalue weighted by Crippen LogP contribution is 2.28. The van der Waals surface area contributed by atoms with Gasteiger partial charge in [0, 0.05) is 30.7 Å². The second-order valence-corrected chi connectivity index (χ2v) is 5.49. The van der Waals surface area contributed by atoms with E-state index in [-0.39, 0.29) is 11.9 Å². The number of carbonyl (C=O) groups excluding carboxylic acids is 1. The number of hydrogen-bond acceptors (Lipinski definition) is 3. The summed E-state index contributed by atoms with van der Waals surface area (Å²) in [6.07, 6.45) is 0.936. The fourth-order valence-corrected chi connectivity index (χ4v) is 2.10. The molecule has 112 valence electrons. The van der Waals surface area contributed by atoms with Gasteiger partial charge in [-0.25, -0.2) is 0 Å². The Labute approximate surface area is 125 Å². The summed E-state index contributed by atoms with van der Waals surface area (Å²) in [5.74, 6) is 0.541. The first-order valence-electron chi connectivity index (χ1n) is 6.77. The molecule has 0 spiro atoms. The van der Waals surface area contributed by atoms with Crippen molar-refractivity contribution < 1.29 is 9.53 Å². The first-order chi connectivity index (χ1) is 9.36. The maximum atomic E-state index is 11.9. The summed E-state index contributed by atoms with van der Waals surface area (Å²) in [4.78, 5) is 13.4. The highest BCUT2D eigenvalue weighted by Gasteiger charge is 2.19. The van der Waals surface area contributed by atoms with Gasteiger partial charge >= 0.3 is 0 Å². The van der Waals surface area contributed by atoms with Crippen molar-refractivity contribution in [3.63, 3.8) is 0 Å². The maximum absolute atomic E-state index is 11.9. The molecule has 0 aliphatic rings. The third kappa shape index (κ3) is 4.39. The monoisotopic (exact) mass is 298 g/mol. The van der Waals surface area contributed by atoms with Crippen molar-refractivity contribution in [2.75, 3.05) is 14.1 Å². The molecular formula is C15H23ClN2O2. The number of nitrogens with zero attached hydrogens (tertiary/aromatic N) is 1. The van der Waals surface area contributed by atoms with Crippen LogP contribution in [0.1, 0.15) is 25.8 Å². The van der Waals surface area contributed by atoms with E-state index in [0.29, 0.717) is 17.2 Å². The van der Waals surface area contributed by atoms with E-state index in [2.05, 4.69) is 0 Å². The van der Waals surface area contributed by atoms with Crippen LogP contribution in [0.15, 0.2) is 18.2 Å². The molecule has 1 aromatic rings. The van der Waals surface area contributed by atoms with Crippen LogP contribution in [0.4, 0.5) is 0 Å². The number of amides is 1. The average molecular weight is 299 g/mol. The van der Waals surface area contributed by atoms with Crippen LogP contribution in [0, 0.1) is 0 Å². The van der Waals surface area contributed by atoms with Gasteiger partial charge in [-0.15, -0.1) is 0 Å². The minimum Gasteiger partial charge on any atom is -0.481 e. The van der Waals surface area contributed by atoms with Crippen molar-refractivity contribution in [2.45, 2.75) is 38.8 Å². The third-order valence-corrected chi connectivity index (χ3v) is 3.51. The third-order valence-electron chi connectivity index (χ3n) is 3.16. The van der Waals surface area contributed by atoms with E-state index in [1.165, 1.54) is 4.90 Å². The van der Waals surface area contributed by atoms with Gasteiger partial charge in [-0.05, 0) is 31.9 Å². The minimum atomic E-state index is -0.555. The van der Waals surface area contributed by atoms with Crippen molar-refractivity contribution in [3.8, 4) is 5.75 Å². The molecule has 0 radical (unpaired) electrons. The Hall–Kier alpha value is -1.26. The Morgan fingerprint density at radius 1 is 1.45 bits per heavy atom. The van der Waals surface area contributed by atoms with Crippen molar-refractivity contribution in [2.24, 2.45) is 5.73 Å². The molecule has 0 aliphatic carbocycles. The van der Waals surface area contributed by atoms with Crippen LogP contribution in [0.5, 0.6) is 5.75 Å². The fraction of sp³-hybridized carbons (Fsp3) is 0.533. The van der Waals surface area contributed by atoms with Gasteiger partial charge in [0.25, 0.3) is 5.91 Å². The van der Waals surface area contributed by atoms with Gasteiger partial charge < -0.3 is 15.4 Å². The summed E-state index contributed by atoms with van der Waals surface area (Å²) < 4.78 is 5.76. The lowest BCUT2D eigenvalue weighted by molar-refractivity contribution is -0.135. The van der Waals surface area contributed by atoms with Crippen LogP contribution in [-0.4, -0.2) is 37.0 Å². The minimum absolute atomic E-state index is 0.0251. The molecule has 0 aliphatic heterocycles. The number of benzene rings is 1. The molecule has 1 rings (SSSR count). The number of halogens is 1. The van der Waals surface area contributed by atoms with Crippen molar-refractivity contribution in [1.29, 1.82) is 0 Å². The van der Waals surface area contributed by atoms with Gasteiger partial charge in [-0.2, -0.15) is 0 Å². The molecule has 0 saturated heterocycles. The Kier molecular flexibility index (Phi) is 6.30. The first-order valence-corrected chi connectivity index (χ1v) is 7.15. The molecule has 1 amide bonds. The molecule has 0 saturated carbocycles. The zero-order valence-corrected chi connectivity index (χ0v) is 13.3. The smallest absolute Gasteiger partial charge is 0.262 e. The SMILES string of the molecule is CCC(N)Cc1c(Cl)cccc1OC(C)C(=O)N(C)C. The molecule has 0 fully saturated rings. The Morgan fingerprint density at radius 2 is 2.10 bits per heavy atom. The second kappa shape index (κ2) is 7.50. The van der Waals surface area contributed by atoms with Crippen LogP contribution < -0.4 is 10.5 Å². The summed E-state index contributed by atoms with van der Waals surface area (Å²) in [7, 11) is 3.40.